The standard InChI is InChI=1S/C10H10FNO/c1-3-8-6-9(11)4-5-10(8)12-7(2)13/h3-6H,1H2,2H3,(H,12,13). The van der Waals surface area contributed by atoms with Crippen LogP contribution in [-0.2, 0) is 4.79 Å². The SMILES string of the molecule is C=Cc1cc(F)ccc1NC(C)=O. The third-order valence-corrected chi connectivity index (χ3v) is 1.54. The zero-order chi connectivity index (χ0) is 9.84. The quantitative estimate of drug-likeness (QED) is 0.742. The first kappa shape index (κ1) is 9.45. The Bertz CT molecular complexity index is 347. The van der Waals surface area contributed by atoms with Crippen LogP contribution in [0.25, 0.3) is 6.08 Å². The minimum absolute atomic E-state index is 0.185. The van der Waals surface area contributed by atoms with Crippen molar-refractivity contribution in [3.8, 4) is 0 Å². The Kier molecular flexibility index (Phi) is 2.80. The second kappa shape index (κ2) is 3.85. The Morgan fingerprint density at radius 1 is 1.62 bits per heavy atom. The molecule has 0 radical (unpaired) electrons. The first-order chi connectivity index (χ1) is 6.13. The molecule has 0 saturated carbocycles. The van der Waals surface area contributed by atoms with Crippen LogP contribution in [0.5, 0.6) is 0 Å². The van der Waals surface area contributed by atoms with Crippen LogP contribution in [-0.4, -0.2) is 5.91 Å². The summed E-state index contributed by atoms with van der Waals surface area (Å²) in [5, 5.41) is 2.57. The molecule has 0 bridgehead atoms. The van der Waals surface area contributed by atoms with E-state index in [2.05, 4.69) is 11.9 Å². The number of carbonyl (C=O) groups is 1. The van der Waals surface area contributed by atoms with Crippen LogP contribution in [0.2, 0.25) is 0 Å². The summed E-state index contributed by atoms with van der Waals surface area (Å²) in [6.07, 6.45) is 1.49. The predicted molar refractivity (Wildman–Crippen MR) is 50.8 cm³/mol. The largest absolute Gasteiger partial charge is 0.326 e. The van der Waals surface area contributed by atoms with Gasteiger partial charge in [-0.1, -0.05) is 12.7 Å². The van der Waals surface area contributed by atoms with E-state index in [-0.39, 0.29) is 11.7 Å². The Morgan fingerprint density at radius 2 is 2.31 bits per heavy atom. The number of hydrogen-bond donors (Lipinski definition) is 1. The lowest BCUT2D eigenvalue weighted by Crippen LogP contribution is -2.07. The molecule has 13 heavy (non-hydrogen) atoms. The highest BCUT2D eigenvalue weighted by atomic mass is 19.1. The van der Waals surface area contributed by atoms with Crippen molar-refractivity contribution in [1.29, 1.82) is 0 Å². The Morgan fingerprint density at radius 3 is 2.85 bits per heavy atom. The minimum Gasteiger partial charge on any atom is -0.326 e. The highest BCUT2D eigenvalue weighted by molar-refractivity contribution is 5.91. The number of halogens is 1. The molecule has 1 amide bonds. The molecule has 0 atom stereocenters. The second-order valence-corrected chi connectivity index (χ2v) is 2.62. The fourth-order valence-electron chi connectivity index (χ4n) is 1.01. The summed E-state index contributed by atoms with van der Waals surface area (Å²) in [5.41, 5.74) is 1.15. The highest BCUT2D eigenvalue weighted by Crippen LogP contribution is 2.17. The van der Waals surface area contributed by atoms with E-state index < -0.39 is 0 Å². The lowest BCUT2D eigenvalue weighted by atomic mass is 10.1. The van der Waals surface area contributed by atoms with Crippen LogP contribution in [0.1, 0.15) is 12.5 Å². The monoisotopic (exact) mass is 179 g/mol. The summed E-state index contributed by atoms with van der Waals surface area (Å²) in [5.74, 6) is -0.529. The smallest absolute Gasteiger partial charge is 0.221 e. The number of hydrogen-bond acceptors (Lipinski definition) is 1. The lowest BCUT2D eigenvalue weighted by Gasteiger charge is -2.05. The number of nitrogens with one attached hydrogen (secondary N) is 1. The Labute approximate surface area is 76.1 Å². The fraction of sp³-hybridized carbons (Fsp3) is 0.100. The van der Waals surface area contributed by atoms with E-state index in [1.54, 1.807) is 0 Å². The van der Waals surface area contributed by atoms with Crippen LogP contribution in [0.3, 0.4) is 0 Å². The van der Waals surface area contributed by atoms with E-state index in [9.17, 15) is 9.18 Å². The van der Waals surface area contributed by atoms with E-state index in [1.165, 1.54) is 31.2 Å². The summed E-state index contributed by atoms with van der Waals surface area (Å²) < 4.78 is 12.7. The van der Waals surface area contributed by atoms with Gasteiger partial charge in [0, 0.05) is 18.2 Å². The van der Waals surface area contributed by atoms with Gasteiger partial charge in [-0.3, -0.25) is 4.79 Å². The summed E-state index contributed by atoms with van der Waals surface area (Å²) in [6, 6.07) is 4.12. The van der Waals surface area contributed by atoms with Gasteiger partial charge < -0.3 is 5.32 Å². The molecule has 0 saturated heterocycles. The molecule has 1 rings (SSSR count). The molecule has 0 aliphatic carbocycles. The molecule has 0 heterocycles. The van der Waals surface area contributed by atoms with Crippen molar-refractivity contribution >= 4 is 17.7 Å². The van der Waals surface area contributed by atoms with Crippen LogP contribution in [0.15, 0.2) is 24.8 Å². The first-order valence-corrected chi connectivity index (χ1v) is 3.83. The second-order valence-electron chi connectivity index (χ2n) is 2.62. The van der Waals surface area contributed by atoms with Gasteiger partial charge in [-0.2, -0.15) is 0 Å². The molecule has 1 aromatic carbocycles. The van der Waals surface area contributed by atoms with Gasteiger partial charge in [0.1, 0.15) is 5.82 Å². The van der Waals surface area contributed by atoms with Crippen LogP contribution in [0.4, 0.5) is 10.1 Å². The molecule has 0 fully saturated rings. The van der Waals surface area contributed by atoms with Gasteiger partial charge in [-0.15, -0.1) is 0 Å². The first-order valence-electron chi connectivity index (χ1n) is 3.83. The van der Waals surface area contributed by atoms with Crippen LogP contribution >= 0.6 is 0 Å². The highest BCUT2D eigenvalue weighted by Gasteiger charge is 2.01. The molecule has 0 spiro atoms. The number of benzene rings is 1. The maximum Gasteiger partial charge on any atom is 0.221 e. The minimum atomic E-state index is -0.344. The van der Waals surface area contributed by atoms with E-state index in [0.29, 0.717) is 11.3 Å². The van der Waals surface area contributed by atoms with Crippen molar-refractivity contribution in [2.75, 3.05) is 5.32 Å². The molecule has 3 heteroatoms. The number of carbonyl (C=O) groups excluding carboxylic acids is 1. The summed E-state index contributed by atoms with van der Waals surface area (Å²) in [6.45, 7) is 4.92. The van der Waals surface area contributed by atoms with Gasteiger partial charge in [-0.25, -0.2) is 4.39 Å². The summed E-state index contributed by atoms with van der Waals surface area (Å²) >= 11 is 0. The Hall–Kier alpha value is -1.64. The molecule has 0 aliphatic heterocycles. The van der Waals surface area contributed by atoms with Gasteiger partial charge in [0.25, 0.3) is 0 Å². The third kappa shape index (κ3) is 2.40. The number of anilines is 1. The van der Waals surface area contributed by atoms with Crippen LogP contribution < -0.4 is 5.32 Å². The van der Waals surface area contributed by atoms with Gasteiger partial charge in [0.05, 0.1) is 0 Å². The molecule has 68 valence electrons. The number of amides is 1. The molecular weight excluding hydrogens is 169 g/mol. The summed E-state index contributed by atoms with van der Waals surface area (Å²) in [7, 11) is 0. The van der Waals surface area contributed by atoms with Crippen LogP contribution in [0, 0.1) is 5.82 Å². The fourth-order valence-corrected chi connectivity index (χ4v) is 1.01. The van der Waals surface area contributed by atoms with E-state index >= 15 is 0 Å². The Balaban J connectivity index is 3.05. The van der Waals surface area contributed by atoms with E-state index in [4.69, 9.17) is 0 Å². The average Bonchev–Trinajstić information content (AvgIpc) is 2.07. The third-order valence-electron chi connectivity index (χ3n) is 1.54. The molecule has 0 aliphatic rings. The van der Waals surface area contributed by atoms with Gasteiger partial charge in [-0.05, 0) is 18.2 Å². The van der Waals surface area contributed by atoms with Gasteiger partial charge in [0.2, 0.25) is 5.91 Å². The molecule has 0 aromatic heterocycles. The van der Waals surface area contributed by atoms with Crippen molar-refractivity contribution < 1.29 is 9.18 Å². The van der Waals surface area contributed by atoms with Crippen molar-refractivity contribution in [2.45, 2.75) is 6.92 Å². The van der Waals surface area contributed by atoms with Crippen molar-refractivity contribution in [3.05, 3.63) is 36.2 Å². The van der Waals surface area contributed by atoms with Crippen molar-refractivity contribution in [1.82, 2.24) is 0 Å². The van der Waals surface area contributed by atoms with E-state index in [0.717, 1.165) is 0 Å². The van der Waals surface area contributed by atoms with Gasteiger partial charge in [0.15, 0.2) is 0 Å². The lowest BCUT2D eigenvalue weighted by molar-refractivity contribution is -0.114. The van der Waals surface area contributed by atoms with Crippen molar-refractivity contribution in [2.24, 2.45) is 0 Å². The maximum absolute atomic E-state index is 12.7. The topological polar surface area (TPSA) is 29.1 Å². The zero-order valence-corrected chi connectivity index (χ0v) is 7.30. The van der Waals surface area contributed by atoms with E-state index in [1.807, 2.05) is 0 Å². The maximum atomic E-state index is 12.7. The number of rotatable bonds is 2. The molecule has 0 unspecified atom stereocenters. The van der Waals surface area contributed by atoms with Gasteiger partial charge >= 0.3 is 0 Å². The normalized spacial score (nSPS) is 9.38. The summed E-state index contributed by atoms with van der Waals surface area (Å²) in [4.78, 5) is 10.7. The molecule has 2 nitrogen and oxygen atoms in total. The average molecular weight is 179 g/mol. The predicted octanol–water partition coefficient (Wildman–Crippen LogP) is 2.43. The van der Waals surface area contributed by atoms with Crippen molar-refractivity contribution in [3.63, 3.8) is 0 Å². The molecule has 1 aromatic rings. The zero-order valence-electron chi connectivity index (χ0n) is 7.30. The molecule has 1 N–H and O–H groups in total. The molecular formula is C10H10FNO.